The van der Waals surface area contributed by atoms with Crippen molar-refractivity contribution < 1.29 is 9.15 Å². The summed E-state index contributed by atoms with van der Waals surface area (Å²) in [5.41, 5.74) is 1.63. The van der Waals surface area contributed by atoms with Gasteiger partial charge in [0, 0.05) is 13.0 Å². The molecule has 8 heteroatoms. The third-order valence-corrected chi connectivity index (χ3v) is 2.81. The van der Waals surface area contributed by atoms with Crippen LogP contribution in [0.25, 0.3) is 5.69 Å². The molecule has 0 fully saturated rings. The molecule has 1 N–H and O–H groups in total. The second-order valence-electron chi connectivity index (χ2n) is 4.34. The van der Waals surface area contributed by atoms with Crippen LogP contribution < -0.4 is 10.1 Å². The summed E-state index contributed by atoms with van der Waals surface area (Å²) in [5.74, 6) is 1.28. The van der Waals surface area contributed by atoms with Gasteiger partial charge in [0.25, 0.3) is 0 Å². The first-order valence-corrected chi connectivity index (χ1v) is 6.34. The molecule has 0 radical (unpaired) electrons. The fourth-order valence-electron chi connectivity index (χ4n) is 1.79. The fourth-order valence-corrected chi connectivity index (χ4v) is 1.79. The molecule has 8 nitrogen and oxygen atoms in total. The molecule has 21 heavy (non-hydrogen) atoms. The highest BCUT2D eigenvalue weighted by atomic mass is 16.5. The number of aromatic nitrogens is 5. The molecule has 0 atom stereocenters. The van der Waals surface area contributed by atoms with Gasteiger partial charge in [0.1, 0.15) is 11.4 Å². The number of hydrogen-bond donors (Lipinski definition) is 1. The smallest absolute Gasteiger partial charge is 0.315 e. The molecule has 2 heterocycles. The van der Waals surface area contributed by atoms with Crippen LogP contribution in [-0.4, -0.2) is 32.3 Å². The Kier molecular flexibility index (Phi) is 3.50. The number of ether oxygens (including phenoxy) is 1. The lowest BCUT2D eigenvalue weighted by molar-refractivity contribution is 0.414. The maximum absolute atomic E-state index is 5.22. The molecular weight excluding hydrogens is 272 g/mol. The van der Waals surface area contributed by atoms with E-state index in [4.69, 9.17) is 9.15 Å². The van der Waals surface area contributed by atoms with Gasteiger partial charge in [0.15, 0.2) is 0 Å². The lowest BCUT2D eigenvalue weighted by Gasteiger charge is -2.03. The standard InChI is InChI=1S/C13H14N6O2/c1-9-15-17-13(21-9)14-7-10-8-19(18-16-10)11-4-3-5-12(6-11)20-2/h3-6,8H,7H2,1-2H3,(H,14,17). The number of aryl methyl sites for hydroxylation is 1. The molecule has 0 bridgehead atoms. The summed E-state index contributed by atoms with van der Waals surface area (Å²) in [6.07, 6.45) is 1.82. The van der Waals surface area contributed by atoms with Crippen molar-refractivity contribution in [3.8, 4) is 11.4 Å². The van der Waals surface area contributed by atoms with Gasteiger partial charge >= 0.3 is 6.01 Å². The zero-order chi connectivity index (χ0) is 14.7. The lowest BCUT2D eigenvalue weighted by atomic mass is 10.3. The highest BCUT2D eigenvalue weighted by Gasteiger charge is 2.06. The largest absolute Gasteiger partial charge is 0.497 e. The van der Waals surface area contributed by atoms with Crippen molar-refractivity contribution in [3.05, 3.63) is 42.0 Å². The van der Waals surface area contributed by atoms with Crippen LogP contribution in [0.4, 0.5) is 6.01 Å². The minimum absolute atomic E-state index is 0.364. The number of nitrogens with one attached hydrogen (secondary N) is 1. The van der Waals surface area contributed by atoms with Crippen LogP contribution in [0.3, 0.4) is 0 Å². The Morgan fingerprint density at radius 3 is 2.95 bits per heavy atom. The molecule has 0 saturated heterocycles. The van der Waals surface area contributed by atoms with E-state index in [2.05, 4.69) is 25.8 Å². The van der Waals surface area contributed by atoms with Gasteiger partial charge in [-0.3, -0.25) is 0 Å². The van der Waals surface area contributed by atoms with Crippen LogP contribution in [0.15, 0.2) is 34.9 Å². The molecule has 3 aromatic rings. The Balaban J connectivity index is 1.70. The van der Waals surface area contributed by atoms with Gasteiger partial charge in [-0.05, 0) is 12.1 Å². The Morgan fingerprint density at radius 1 is 1.29 bits per heavy atom. The van der Waals surface area contributed by atoms with Crippen molar-refractivity contribution in [2.24, 2.45) is 0 Å². The predicted octanol–water partition coefficient (Wildman–Crippen LogP) is 1.58. The zero-order valence-corrected chi connectivity index (χ0v) is 11.6. The van der Waals surface area contributed by atoms with Crippen LogP contribution in [0.2, 0.25) is 0 Å². The summed E-state index contributed by atoms with van der Waals surface area (Å²) in [6.45, 7) is 2.18. The van der Waals surface area contributed by atoms with E-state index < -0.39 is 0 Å². The third kappa shape index (κ3) is 2.99. The molecule has 2 aromatic heterocycles. The monoisotopic (exact) mass is 286 g/mol. The first kappa shape index (κ1) is 13.1. The van der Waals surface area contributed by atoms with Crippen molar-refractivity contribution >= 4 is 6.01 Å². The third-order valence-electron chi connectivity index (χ3n) is 2.81. The number of nitrogens with zero attached hydrogens (tertiary/aromatic N) is 5. The predicted molar refractivity (Wildman–Crippen MR) is 74.3 cm³/mol. The minimum atomic E-state index is 0.364. The second-order valence-corrected chi connectivity index (χ2v) is 4.34. The number of hydrogen-bond acceptors (Lipinski definition) is 7. The van der Waals surface area contributed by atoms with E-state index in [1.807, 2.05) is 30.5 Å². The second kappa shape index (κ2) is 5.61. The van der Waals surface area contributed by atoms with E-state index in [1.54, 1.807) is 18.7 Å². The Morgan fingerprint density at radius 2 is 2.19 bits per heavy atom. The quantitative estimate of drug-likeness (QED) is 0.761. The molecule has 0 amide bonds. The molecule has 0 unspecified atom stereocenters. The molecule has 1 aromatic carbocycles. The van der Waals surface area contributed by atoms with Crippen LogP contribution in [0.1, 0.15) is 11.6 Å². The highest BCUT2D eigenvalue weighted by molar-refractivity contribution is 5.38. The minimum Gasteiger partial charge on any atom is -0.497 e. The zero-order valence-electron chi connectivity index (χ0n) is 11.6. The van der Waals surface area contributed by atoms with Crippen molar-refractivity contribution in [3.63, 3.8) is 0 Å². The van der Waals surface area contributed by atoms with Gasteiger partial charge < -0.3 is 14.5 Å². The highest BCUT2D eigenvalue weighted by Crippen LogP contribution is 2.15. The summed E-state index contributed by atoms with van der Waals surface area (Å²) in [4.78, 5) is 0. The number of rotatable bonds is 5. The normalized spacial score (nSPS) is 10.6. The number of benzene rings is 1. The molecule has 0 aliphatic carbocycles. The molecule has 108 valence electrons. The molecule has 0 saturated carbocycles. The first-order valence-electron chi connectivity index (χ1n) is 6.34. The summed E-state index contributed by atoms with van der Waals surface area (Å²) >= 11 is 0. The Bertz CT molecular complexity index is 736. The topological polar surface area (TPSA) is 90.9 Å². The van der Waals surface area contributed by atoms with E-state index in [0.29, 0.717) is 18.5 Å². The SMILES string of the molecule is COc1cccc(-n2cc(CNc3nnc(C)o3)nn2)c1. The average molecular weight is 286 g/mol. The van der Waals surface area contributed by atoms with Crippen LogP contribution in [0, 0.1) is 6.92 Å². The van der Waals surface area contributed by atoms with Crippen molar-refractivity contribution in [2.75, 3.05) is 12.4 Å². The van der Waals surface area contributed by atoms with Crippen LogP contribution >= 0.6 is 0 Å². The first-order chi connectivity index (χ1) is 10.2. The Labute approximate surface area is 120 Å². The fraction of sp³-hybridized carbons (Fsp3) is 0.231. The van der Waals surface area contributed by atoms with E-state index in [-0.39, 0.29) is 0 Å². The van der Waals surface area contributed by atoms with Crippen LogP contribution in [0.5, 0.6) is 5.75 Å². The van der Waals surface area contributed by atoms with Gasteiger partial charge in [0.2, 0.25) is 5.89 Å². The van der Waals surface area contributed by atoms with E-state index >= 15 is 0 Å². The summed E-state index contributed by atoms with van der Waals surface area (Å²) in [7, 11) is 1.63. The summed E-state index contributed by atoms with van der Waals surface area (Å²) in [6, 6.07) is 7.95. The molecule has 0 aliphatic rings. The van der Waals surface area contributed by atoms with E-state index in [9.17, 15) is 0 Å². The number of anilines is 1. The summed E-state index contributed by atoms with van der Waals surface area (Å²) in [5, 5.41) is 18.7. The van der Waals surface area contributed by atoms with Gasteiger partial charge in [-0.15, -0.1) is 10.2 Å². The van der Waals surface area contributed by atoms with Crippen molar-refractivity contribution in [2.45, 2.75) is 13.5 Å². The van der Waals surface area contributed by atoms with E-state index in [0.717, 1.165) is 17.1 Å². The molecule has 3 rings (SSSR count). The van der Waals surface area contributed by atoms with Crippen LogP contribution in [-0.2, 0) is 6.54 Å². The maximum Gasteiger partial charge on any atom is 0.315 e. The van der Waals surface area contributed by atoms with Gasteiger partial charge in [-0.2, -0.15) is 0 Å². The Hall–Kier alpha value is -2.90. The van der Waals surface area contributed by atoms with Gasteiger partial charge in [-0.25, -0.2) is 4.68 Å². The van der Waals surface area contributed by atoms with E-state index in [1.165, 1.54) is 0 Å². The molecule has 0 aliphatic heterocycles. The average Bonchev–Trinajstić information content (AvgIpc) is 3.14. The lowest BCUT2D eigenvalue weighted by Crippen LogP contribution is -2.00. The molecular formula is C13H14N6O2. The van der Waals surface area contributed by atoms with Crippen molar-refractivity contribution in [1.82, 2.24) is 25.2 Å². The van der Waals surface area contributed by atoms with Gasteiger partial charge in [-0.1, -0.05) is 16.4 Å². The number of methoxy groups -OCH3 is 1. The van der Waals surface area contributed by atoms with Crippen molar-refractivity contribution in [1.29, 1.82) is 0 Å². The summed E-state index contributed by atoms with van der Waals surface area (Å²) < 4.78 is 12.1. The maximum atomic E-state index is 5.22. The molecule has 0 spiro atoms. The van der Waals surface area contributed by atoms with Gasteiger partial charge in [0.05, 0.1) is 25.5 Å².